The van der Waals surface area contributed by atoms with Crippen LogP contribution in [0.15, 0.2) is 5.16 Å². The van der Waals surface area contributed by atoms with Gasteiger partial charge in [-0.3, -0.25) is 0 Å². The highest BCUT2D eigenvalue weighted by molar-refractivity contribution is 5.85. The third kappa shape index (κ3) is 4.05. The summed E-state index contributed by atoms with van der Waals surface area (Å²) in [6.07, 6.45) is 3.48. The molecule has 0 aliphatic carbocycles. The van der Waals surface area contributed by atoms with Crippen LogP contribution in [0.2, 0.25) is 0 Å². The van der Waals surface area contributed by atoms with Crippen LogP contribution in [0.25, 0.3) is 0 Å². The average Bonchev–Trinajstić information content (AvgIpc) is 2.76. The number of oxime groups is 1. The van der Waals surface area contributed by atoms with Gasteiger partial charge in [0.05, 0.1) is 6.04 Å². The van der Waals surface area contributed by atoms with Gasteiger partial charge >= 0.3 is 0 Å². The predicted octanol–water partition coefficient (Wildman–Crippen LogP) is 0.197. The highest BCUT2D eigenvalue weighted by atomic mass is 16.4. The van der Waals surface area contributed by atoms with Gasteiger partial charge in [0.1, 0.15) is 0 Å². The van der Waals surface area contributed by atoms with Crippen molar-refractivity contribution in [3.63, 3.8) is 0 Å². The van der Waals surface area contributed by atoms with E-state index in [1.165, 1.54) is 25.9 Å². The van der Waals surface area contributed by atoms with Crippen molar-refractivity contribution in [1.82, 2.24) is 10.2 Å². The van der Waals surface area contributed by atoms with Gasteiger partial charge < -0.3 is 21.2 Å². The minimum atomic E-state index is -0.00222. The molecule has 15 heavy (non-hydrogen) atoms. The second-order valence-electron chi connectivity index (χ2n) is 3.99. The van der Waals surface area contributed by atoms with Crippen molar-refractivity contribution in [1.29, 1.82) is 0 Å². The van der Waals surface area contributed by atoms with Crippen LogP contribution < -0.4 is 11.1 Å². The van der Waals surface area contributed by atoms with E-state index in [9.17, 15) is 0 Å². The Kier molecular flexibility index (Phi) is 5.42. The molecule has 88 valence electrons. The van der Waals surface area contributed by atoms with Crippen molar-refractivity contribution in [2.24, 2.45) is 10.9 Å². The van der Waals surface area contributed by atoms with Gasteiger partial charge in [-0.05, 0) is 32.4 Å². The second kappa shape index (κ2) is 6.63. The van der Waals surface area contributed by atoms with Gasteiger partial charge in [0.15, 0.2) is 5.84 Å². The molecule has 4 N–H and O–H groups in total. The molecule has 1 aliphatic heterocycles. The number of hydrogen-bond donors (Lipinski definition) is 3. The molecule has 0 aromatic carbocycles. The first-order valence-corrected chi connectivity index (χ1v) is 5.71. The number of nitrogens with one attached hydrogen (secondary N) is 1. The largest absolute Gasteiger partial charge is 0.409 e. The van der Waals surface area contributed by atoms with Crippen molar-refractivity contribution in [2.45, 2.75) is 32.2 Å². The molecule has 0 amide bonds. The van der Waals surface area contributed by atoms with E-state index in [0.717, 1.165) is 19.5 Å². The molecule has 5 nitrogen and oxygen atoms in total. The molecule has 0 spiro atoms. The van der Waals surface area contributed by atoms with E-state index in [0.29, 0.717) is 0 Å². The van der Waals surface area contributed by atoms with Crippen molar-refractivity contribution < 1.29 is 5.21 Å². The molecule has 1 fully saturated rings. The van der Waals surface area contributed by atoms with Crippen LogP contribution in [-0.4, -0.2) is 48.2 Å². The highest BCUT2D eigenvalue weighted by Crippen LogP contribution is 2.05. The lowest BCUT2D eigenvalue weighted by Gasteiger charge is -2.19. The molecule has 0 aromatic rings. The molecule has 1 saturated heterocycles. The maximum absolute atomic E-state index is 8.56. The lowest BCUT2D eigenvalue weighted by Crippen LogP contribution is -2.43. The molecule has 5 heteroatoms. The van der Waals surface area contributed by atoms with Crippen LogP contribution in [0.3, 0.4) is 0 Å². The normalized spacial score (nSPS) is 20.7. The molecule has 0 bridgehead atoms. The van der Waals surface area contributed by atoms with E-state index in [1.807, 2.05) is 6.92 Å². The van der Waals surface area contributed by atoms with Gasteiger partial charge in [-0.15, -0.1) is 0 Å². The zero-order valence-electron chi connectivity index (χ0n) is 9.45. The highest BCUT2D eigenvalue weighted by Gasteiger charge is 2.13. The lowest BCUT2D eigenvalue weighted by molar-refractivity contribution is 0.311. The number of rotatable bonds is 6. The van der Waals surface area contributed by atoms with Crippen molar-refractivity contribution >= 4 is 5.84 Å². The SMILES string of the molecule is CCC(NCCN1CCCC1)C(N)=NO. The Labute approximate surface area is 91.3 Å². The Morgan fingerprint density at radius 2 is 2.20 bits per heavy atom. The number of nitrogens with zero attached hydrogens (tertiary/aromatic N) is 2. The summed E-state index contributed by atoms with van der Waals surface area (Å²) < 4.78 is 0. The smallest absolute Gasteiger partial charge is 0.156 e. The Hall–Kier alpha value is -0.810. The van der Waals surface area contributed by atoms with E-state index >= 15 is 0 Å². The lowest BCUT2D eigenvalue weighted by atomic mass is 10.2. The summed E-state index contributed by atoms with van der Waals surface area (Å²) in [6.45, 7) is 6.39. The maximum Gasteiger partial charge on any atom is 0.156 e. The van der Waals surface area contributed by atoms with Crippen LogP contribution in [0.4, 0.5) is 0 Å². The zero-order valence-corrected chi connectivity index (χ0v) is 9.45. The molecular weight excluding hydrogens is 192 g/mol. The first kappa shape index (κ1) is 12.3. The van der Waals surface area contributed by atoms with E-state index in [2.05, 4.69) is 15.4 Å². The van der Waals surface area contributed by atoms with Crippen molar-refractivity contribution in [3.8, 4) is 0 Å². The fraction of sp³-hybridized carbons (Fsp3) is 0.900. The fourth-order valence-electron chi connectivity index (χ4n) is 1.93. The van der Waals surface area contributed by atoms with Gasteiger partial charge in [-0.1, -0.05) is 12.1 Å². The summed E-state index contributed by atoms with van der Waals surface area (Å²) >= 11 is 0. The summed E-state index contributed by atoms with van der Waals surface area (Å²) in [5, 5.41) is 14.9. The van der Waals surface area contributed by atoms with E-state index in [4.69, 9.17) is 10.9 Å². The Balaban J connectivity index is 2.16. The van der Waals surface area contributed by atoms with Crippen LogP contribution in [0, 0.1) is 0 Å². The molecular formula is C10H22N4O. The Morgan fingerprint density at radius 1 is 1.53 bits per heavy atom. The molecule has 1 atom stereocenters. The zero-order chi connectivity index (χ0) is 11.1. The number of hydrogen-bond acceptors (Lipinski definition) is 4. The maximum atomic E-state index is 8.56. The Morgan fingerprint density at radius 3 is 2.73 bits per heavy atom. The van der Waals surface area contributed by atoms with Crippen molar-refractivity contribution in [3.05, 3.63) is 0 Å². The molecule has 0 saturated carbocycles. The minimum Gasteiger partial charge on any atom is -0.409 e. The average molecular weight is 214 g/mol. The Bertz CT molecular complexity index is 202. The summed E-state index contributed by atoms with van der Waals surface area (Å²) in [5.41, 5.74) is 5.55. The predicted molar refractivity (Wildman–Crippen MR) is 61.2 cm³/mol. The molecule has 1 heterocycles. The van der Waals surface area contributed by atoms with E-state index in [-0.39, 0.29) is 11.9 Å². The number of likely N-dealkylation sites (tertiary alicyclic amines) is 1. The second-order valence-corrected chi connectivity index (χ2v) is 3.99. The topological polar surface area (TPSA) is 73.9 Å². The molecule has 1 unspecified atom stereocenters. The fourth-order valence-corrected chi connectivity index (χ4v) is 1.93. The first-order chi connectivity index (χ1) is 7.27. The molecule has 0 aromatic heterocycles. The van der Waals surface area contributed by atoms with Gasteiger partial charge in [0.25, 0.3) is 0 Å². The van der Waals surface area contributed by atoms with E-state index in [1.54, 1.807) is 0 Å². The quantitative estimate of drug-likeness (QED) is 0.255. The molecule has 0 radical (unpaired) electrons. The van der Waals surface area contributed by atoms with Crippen LogP contribution in [0.5, 0.6) is 0 Å². The van der Waals surface area contributed by atoms with E-state index < -0.39 is 0 Å². The molecule has 1 rings (SSSR count). The standard InChI is InChI=1S/C10H22N4O/c1-2-9(10(11)13-15)12-5-8-14-6-3-4-7-14/h9,12,15H,2-8H2,1H3,(H2,11,13). The van der Waals surface area contributed by atoms with Crippen molar-refractivity contribution in [2.75, 3.05) is 26.2 Å². The summed E-state index contributed by atoms with van der Waals surface area (Å²) in [4.78, 5) is 2.44. The minimum absolute atomic E-state index is 0.00222. The van der Waals surface area contributed by atoms with Gasteiger partial charge in [-0.25, -0.2) is 0 Å². The van der Waals surface area contributed by atoms with Gasteiger partial charge in [0.2, 0.25) is 0 Å². The number of amidine groups is 1. The third-order valence-corrected chi connectivity index (χ3v) is 2.90. The first-order valence-electron chi connectivity index (χ1n) is 5.71. The monoisotopic (exact) mass is 214 g/mol. The van der Waals surface area contributed by atoms with Crippen LogP contribution in [0.1, 0.15) is 26.2 Å². The van der Waals surface area contributed by atoms with Gasteiger partial charge in [0, 0.05) is 13.1 Å². The third-order valence-electron chi connectivity index (χ3n) is 2.90. The summed E-state index contributed by atoms with van der Waals surface area (Å²) in [7, 11) is 0. The number of nitrogens with two attached hydrogens (primary N) is 1. The summed E-state index contributed by atoms with van der Waals surface area (Å²) in [5.74, 6) is 0.277. The van der Waals surface area contributed by atoms with Crippen LogP contribution in [-0.2, 0) is 0 Å². The van der Waals surface area contributed by atoms with Crippen LogP contribution >= 0.6 is 0 Å². The summed E-state index contributed by atoms with van der Waals surface area (Å²) in [6, 6.07) is -0.00222. The molecule has 1 aliphatic rings. The van der Waals surface area contributed by atoms with Gasteiger partial charge in [-0.2, -0.15) is 0 Å².